The lowest BCUT2D eigenvalue weighted by molar-refractivity contribution is -0.117. The van der Waals surface area contributed by atoms with E-state index >= 15 is 0 Å². The molecule has 1 N–H and O–H groups in total. The molecule has 3 rings (SSSR count). The summed E-state index contributed by atoms with van der Waals surface area (Å²) in [5, 5.41) is 10.4. The fourth-order valence-corrected chi connectivity index (χ4v) is 3.77. The summed E-state index contributed by atoms with van der Waals surface area (Å²) in [7, 11) is -4.75. The number of carbonyl (C=O) groups excluding carboxylic acids is 1. The summed E-state index contributed by atoms with van der Waals surface area (Å²) in [6.45, 7) is -0.245. The molecule has 1 unspecified atom stereocenters. The Morgan fingerprint density at radius 1 is 1.36 bits per heavy atom. The second kappa shape index (κ2) is 5.33. The Hall–Kier alpha value is -2.00. The average Bonchev–Trinajstić information content (AvgIpc) is 3.05. The van der Waals surface area contributed by atoms with Gasteiger partial charge >= 0.3 is 10.2 Å². The van der Waals surface area contributed by atoms with E-state index in [9.17, 15) is 22.2 Å². The third-order valence-corrected chi connectivity index (χ3v) is 5.37. The maximum absolute atomic E-state index is 13.0. The van der Waals surface area contributed by atoms with Gasteiger partial charge in [-0.1, -0.05) is 12.1 Å². The number of carbonyl (C=O) groups is 1. The van der Waals surface area contributed by atoms with E-state index < -0.39 is 21.4 Å². The molecule has 1 amide bonds. The molecule has 0 radical (unpaired) electrons. The largest absolute Gasteiger partial charge is 0.507 e. The monoisotopic (exact) mass is 342 g/mol. The molecule has 1 aliphatic heterocycles. The quantitative estimate of drug-likeness (QED) is 0.861. The zero-order chi connectivity index (χ0) is 15.9. The third-order valence-electron chi connectivity index (χ3n) is 3.39. The van der Waals surface area contributed by atoms with Gasteiger partial charge in [0.25, 0.3) is 0 Å². The van der Waals surface area contributed by atoms with Gasteiger partial charge in [0, 0.05) is 23.9 Å². The second-order valence-electron chi connectivity index (χ2n) is 4.84. The van der Waals surface area contributed by atoms with Crippen molar-refractivity contribution in [1.29, 1.82) is 0 Å². The van der Waals surface area contributed by atoms with Crippen molar-refractivity contribution < 1.29 is 22.2 Å². The van der Waals surface area contributed by atoms with Gasteiger partial charge in [-0.3, -0.25) is 9.69 Å². The summed E-state index contributed by atoms with van der Waals surface area (Å²) in [5.74, 6) is -0.430. The summed E-state index contributed by atoms with van der Waals surface area (Å²) < 4.78 is 34.9. The standard InChI is InChI=1S/C13H11FN2O4S2/c14-22(19,20)8-5-12(18)16(6-8)13-15-10(7-21-13)9-3-1-2-4-11(9)17/h1-4,7-8,17H,5-6H2. The molecule has 0 aliphatic carbocycles. The van der Waals surface area contributed by atoms with Crippen LogP contribution in [-0.2, 0) is 15.0 Å². The molecule has 0 bridgehead atoms. The molecule has 1 aromatic carbocycles. The normalized spacial score (nSPS) is 18.9. The topological polar surface area (TPSA) is 87.6 Å². The summed E-state index contributed by atoms with van der Waals surface area (Å²) in [4.78, 5) is 17.3. The van der Waals surface area contributed by atoms with Crippen molar-refractivity contribution in [3.8, 4) is 17.0 Å². The number of phenols is 1. The van der Waals surface area contributed by atoms with Gasteiger partial charge in [-0.05, 0) is 12.1 Å². The molecular weight excluding hydrogens is 331 g/mol. The van der Waals surface area contributed by atoms with Crippen LogP contribution in [0.2, 0.25) is 0 Å². The van der Waals surface area contributed by atoms with E-state index in [-0.39, 0.29) is 23.8 Å². The molecule has 2 heterocycles. The van der Waals surface area contributed by atoms with Crippen LogP contribution in [0.1, 0.15) is 6.42 Å². The van der Waals surface area contributed by atoms with Crippen LogP contribution < -0.4 is 4.90 Å². The first kappa shape index (κ1) is 14.9. The van der Waals surface area contributed by atoms with E-state index in [1.807, 2.05) is 0 Å². The van der Waals surface area contributed by atoms with Crippen molar-refractivity contribution in [3.05, 3.63) is 29.6 Å². The number of benzene rings is 1. The Kier molecular flexibility index (Phi) is 3.61. The number of phenolic OH excluding ortho intramolecular Hbond substituents is 1. The molecule has 6 nitrogen and oxygen atoms in total. The van der Waals surface area contributed by atoms with E-state index in [1.54, 1.807) is 23.6 Å². The summed E-state index contributed by atoms with van der Waals surface area (Å²) in [5.41, 5.74) is 0.976. The van der Waals surface area contributed by atoms with Crippen LogP contribution >= 0.6 is 11.3 Å². The Labute approximate surface area is 130 Å². The van der Waals surface area contributed by atoms with Crippen LogP contribution in [0, 0.1) is 0 Å². The lowest BCUT2D eigenvalue weighted by atomic mass is 10.1. The van der Waals surface area contributed by atoms with Gasteiger partial charge in [0.05, 0.1) is 5.69 Å². The predicted octanol–water partition coefficient (Wildman–Crippen LogP) is 1.92. The van der Waals surface area contributed by atoms with E-state index in [1.165, 1.54) is 6.07 Å². The zero-order valence-electron chi connectivity index (χ0n) is 11.1. The van der Waals surface area contributed by atoms with E-state index in [4.69, 9.17) is 0 Å². The number of hydrogen-bond donors (Lipinski definition) is 1. The molecule has 0 spiro atoms. The number of para-hydroxylation sites is 1. The molecule has 1 fully saturated rings. The highest BCUT2D eigenvalue weighted by atomic mass is 32.3. The van der Waals surface area contributed by atoms with Gasteiger partial charge < -0.3 is 5.11 Å². The number of rotatable bonds is 3. The molecule has 22 heavy (non-hydrogen) atoms. The van der Waals surface area contributed by atoms with E-state index in [2.05, 4.69) is 4.98 Å². The van der Waals surface area contributed by atoms with Crippen LogP contribution in [0.15, 0.2) is 29.6 Å². The summed E-state index contributed by atoms with van der Waals surface area (Å²) in [6.07, 6.45) is -0.385. The first-order valence-corrected chi connectivity index (χ1v) is 8.66. The number of aromatic hydroxyl groups is 1. The Bertz CT molecular complexity index is 834. The fourth-order valence-electron chi connectivity index (χ4n) is 2.25. The number of aromatic nitrogens is 1. The number of halogens is 1. The summed E-state index contributed by atoms with van der Waals surface area (Å²) in [6, 6.07) is 6.60. The SMILES string of the molecule is O=C1CC(S(=O)(=O)F)CN1c1nc(-c2ccccc2O)cs1. The molecule has 1 saturated heterocycles. The van der Waals surface area contributed by atoms with E-state index in [0.717, 1.165) is 16.2 Å². The van der Waals surface area contributed by atoms with Gasteiger partial charge in [0.15, 0.2) is 5.13 Å². The molecule has 1 atom stereocenters. The molecule has 0 saturated carbocycles. The minimum atomic E-state index is -4.75. The highest BCUT2D eigenvalue weighted by Crippen LogP contribution is 2.34. The smallest absolute Gasteiger partial charge is 0.307 e. The zero-order valence-corrected chi connectivity index (χ0v) is 12.8. The van der Waals surface area contributed by atoms with Gasteiger partial charge in [0.1, 0.15) is 11.0 Å². The lowest BCUT2D eigenvalue weighted by Gasteiger charge is -2.11. The van der Waals surface area contributed by atoms with Gasteiger partial charge in [0.2, 0.25) is 5.91 Å². The van der Waals surface area contributed by atoms with Crippen LogP contribution in [-0.4, -0.2) is 36.2 Å². The Balaban J connectivity index is 1.89. The van der Waals surface area contributed by atoms with Crippen molar-refractivity contribution in [1.82, 2.24) is 4.98 Å². The van der Waals surface area contributed by atoms with Crippen LogP contribution in [0.5, 0.6) is 5.75 Å². The van der Waals surface area contributed by atoms with Crippen LogP contribution in [0.25, 0.3) is 11.3 Å². The molecule has 2 aromatic rings. The maximum atomic E-state index is 13.0. The number of nitrogens with zero attached hydrogens (tertiary/aromatic N) is 2. The van der Waals surface area contributed by atoms with Gasteiger partial charge in [-0.15, -0.1) is 15.2 Å². The van der Waals surface area contributed by atoms with Crippen molar-refractivity contribution in [3.63, 3.8) is 0 Å². The second-order valence-corrected chi connectivity index (χ2v) is 7.29. The molecular formula is C13H11FN2O4S2. The van der Waals surface area contributed by atoms with Crippen molar-refractivity contribution in [2.75, 3.05) is 11.4 Å². The average molecular weight is 342 g/mol. The van der Waals surface area contributed by atoms with Gasteiger partial charge in [-0.25, -0.2) is 4.98 Å². The Morgan fingerprint density at radius 2 is 2.09 bits per heavy atom. The first-order valence-electron chi connectivity index (χ1n) is 6.34. The van der Waals surface area contributed by atoms with E-state index in [0.29, 0.717) is 11.3 Å². The first-order chi connectivity index (χ1) is 10.4. The summed E-state index contributed by atoms with van der Waals surface area (Å²) >= 11 is 1.13. The van der Waals surface area contributed by atoms with Crippen LogP contribution in [0.4, 0.5) is 9.02 Å². The highest BCUT2D eigenvalue weighted by molar-refractivity contribution is 7.87. The van der Waals surface area contributed by atoms with Gasteiger partial charge in [-0.2, -0.15) is 8.42 Å². The number of thiazole rings is 1. The minimum absolute atomic E-state index is 0.0521. The molecule has 1 aliphatic rings. The number of anilines is 1. The predicted molar refractivity (Wildman–Crippen MR) is 80.0 cm³/mol. The molecule has 9 heteroatoms. The van der Waals surface area contributed by atoms with Crippen LogP contribution in [0.3, 0.4) is 0 Å². The highest BCUT2D eigenvalue weighted by Gasteiger charge is 2.40. The molecule has 1 aromatic heterocycles. The lowest BCUT2D eigenvalue weighted by Crippen LogP contribution is -2.26. The maximum Gasteiger partial charge on any atom is 0.307 e. The third kappa shape index (κ3) is 2.69. The number of amides is 1. The fraction of sp³-hybridized carbons (Fsp3) is 0.231. The van der Waals surface area contributed by atoms with Crippen molar-refractivity contribution in [2.45, 2.75) is 11.7 Å². The minimum Gasteiger partial charge on any atom is -0.507 e. The van der Waals surface area contributed by atoms with Crippen molar-refractivity contribution >= 4 is 32.6 Å². The Morgan fingerprint density at radius 3 is 2.73 bits per heavy atom. The molecule has 116 valence electrons. The van der Waals surface area contributed by atoms with Crippen molar-refractivity contribution in [2.24, 2.45) is 0 Å². The number of hydrogen-bond acceptors (Lipinski definition) is 6.